The Morgan fingerprint density at radius 2 is 1.51 bits per heavy atom. The molecule has 12 heteroatoms. The molecule has 3 rings (SSSR count). The van der Waals surface area contributed by atoms with Crippen molar-refractivity contribution in [2.75, 3.05) is 13.7 Å². The summed E-state index contributed by atoms with van der Waals surface area (Å²) in [6.07, 6.45) is 0. The Kier molecular flexibility index (Phi) is 9.60. The number of carbonyl (C=O) groups excluding carboxylic acids is 4. The molecule has 0 radical (unpaired) electrons. The highest BCUT2D eigenvalue weighted by Gasteiger charge is 2.23. The van der Waals surface area contributed by atoms with E-state index in [4.69, 9.17) is 11.6 Å². The maximum absolute atomic E-state index is 12.7. The van der Waals surface area contributed by atoms with Crippen LogP contribution in [0.1, 0.15) is 47.0 Å². The number of phenols is 1. The van der Waals surface area contributed by atoms with Gasteiger partial charge in [0.15, 0.2) is 0 Å². The molecule has 1 atom stereocenters. The third-order valence-electron chi connectivity index (χ3n) is 5.46. The Balaban J connectivity index is 1.61. The molecule has 11 nitrogen and oxygen atoms in total. The monoisotopic (exact) mass is 553 g/mol. The molecule has 3 amide bonds. The molecule has 0 saturated carbocycles. The Labute approximate surface area is 227 Å². The Morgan fingerprint density at radius 3 is 2.18 bits per heavy atom. The number of phenolic OH excluding ortho intramolecular Hbond substituents is 1. The molecule has 0 unspecified atom stereocenters. The van der Waals surface area contributed by atoms with Gasteiger partial charge in [-0.2, -0.15) is 0 Å². The number of hydrogen-bond acceptors (Lipinski definition) is 7. The number of amides is 3. The van der Waals surface area contributed by atoms with E-state index < -0.39 is 42.2 Å². The van der Waals surface area contributed by atoms with Gasteiger partial charge in [-0.05, 0) is 54.1 Å². The lowest BCUT2D eigenvalue weighted by Gasteiger charge is -2.16. The van der Waals surface area contributed by atoms with Crippen LogP contribution >= 0.6 is 11.6 Å². The van der Waals surface area contributed by atoms with Crippen LogP contribution in [0.5, 0.6) is 5.75 Å². The van der Waals surface area contributed by atoms with E-state index in [0.29, 0.717) is 5.56 Å². The SMILES string of the molecule is COC(=O)c1cccc(C(=O)NC[C@H](NC(=O)c2ccc(C(=O)NCc3cccc(O)c3)cc2Cl)C(=O)O)c1. The first-order valence-electron chi connectivity index (χ1n) is 11.4. The summed E-state index contributed by atoms with van der Waals surface area (Å²) < 4.78 is 4.61. The maximum atomic E-state index is 12.7. The van der Waals surface area contributed by atoms with E-state index in [1.54, 1.807) is 12.1 Å². The van der Waals surface area contributed by atoms with E-state index in [1.807, 2.05) is 0 Å². The van der Waals surface area contributed by atoms with Crippen molar-refractivity contribution in [3.05, 3.63) is 99.6 Å². The second kappa shape index (κ2) is 13.1. The van der Waals surface area contributed by atoms with Crippen molar-refractivity contribution in [3.8, 4) is 5.75 Å². The molecule has 3 aromatic rings. The number of benzene rings is 3. The van der Waals surface area contributed by atoms with Crippen molar-refractivity contribution in [3.63, 3.8) is 0 Å². The second-order valence-corrected chi connectivity index (χ2v) is 8.60. The van der Waals surface area contributed by atoms with Crippen molar-refractivity contribution >= 4 is 41.3 Å². The second-order valence-electron chi connectivity index (χ2n) is 8.19. The fourth-order valence-electron chi connectivity index (χ4n) is 3.43. The lowest BCUT2D eigenvalue weighted by Crippen LogP contribution is -2.48. The zero-order valence-corrected chi connectivity index (χ0v) is 21.3. The topological polar surface area (TPSA) is 171 Å². The van der Waals surface area contributed by atoms with Gasteiger partial charge in [0.25, 0.3) is 17.7 Å². The molecule has 39 heavy (non-hydrogen) atoms. The number of halogens is 1. The van der Waals surface area contributed by atoms with Crippen molar-refractivity contribution in [1.29, 1.82) is 0 Å². The summed E-state index contributed by atoms with van der Waals surface area (Å²) in [7, 11) is 1.20. The number of carbonyl (C=O) groups is 5. The Hall–Kier alpha value is -4.90. The minimum Gasteiger partial charge on any atom is -0.508 e. The summed E-state index contributed by atoms with van der Waals surface area (Å²) in [6.45, 7) is -0.318. The van der Waals surface area contributed by atoms with Crippen LogP contribution in [-0.2, 0) is 16.1 Å². The molecule has 0 heterocycles. The standard InChI is InChI=1S/C27H24ClN3O8/c1-39-27(38)18-6-3-5-16(11-18)23(33)30-14-22(26(36)37)31-25(35)20-9-8-17(12-21(20)28)24(34)29-13-15-4-2-7-19(32)10-15/h2-12,22,32H,13-14H2,1H3,(H,29,34)(H,30,33)(H,31,35)(H,36,37)/t22-/m0/s1. The van der Waals surface area contributed by atoms with Crippen LogP contribution in [0.25, 0.3) is 0 Å². The molecule has 0 aliphatic heterocycles. The number of aromatic hydroxyl groups is 1. The summed E-state index contributed by atoms with van der Waals surface area (Å²) in [5.74, 6) is -3.97. The van der Waals surface area contributed by atoms with Crippen LogP contribution in [0, 0.1) is 0 Å². The molecule has 5 N–H and O–H groups in total. The Morgan fingerprint density at radius 1 is 0.846 bits per heavy atom. The number of methoxy groups -OCH3 is 1. The molecule has 0 saturated heterocycles. The highest BCUT2D eigenvalue weighted by molar-refractivity contribution is 6.34. The van der Waals surface area contributed by atoms with E-state index in [0.717, 1.165) is 0 Å². The number of carboxylic acid groups (broad SMARTS) is 1. The van der Waals surface area contributed by atoms with E-state index in [1.165, 1.54) is 61.7 Å². The van der Waals surface area contributed by atoms with Crippen LogP contribution in [-0.4, -0.2) is 59.6 Å². The molecule has 0 fully saturated rings. The summed E-state index contributed by atoms with van der Waals surface area (Å²) in [6, 6.07) is 14.4. The van der Waals surface area contributed by atoms with Gasteiger partial charge in [0, 0.05) is 24.2 Å². The Bertz CT molecular complexity index is 1430. The average Bonchev–Trinajstić information content (AvgIpc) is 2.93. The fraction of sp³-hybridized carbons (Fsp3) is 0.148. The number of hydrogen-bond donors (Lipinski definition) is 5. The van der Waals surface area contributed by atoms with Gasteiger partial charge in [0.1, 0.15) is 11.8 Å². The number of ether oxygens (including phenoxy) is 1. The zero-order valence-electron chi connectivity index (χ0n) is 20.6. The highest BCUT2D eigenvalue weighted by Crippen LogP contribution is 2.19. The van der Waals surface area contributed by atoms with Crippen LogP contribution in [0.15, 0.2) is 66.7 Å². The summed E-state index contributed by atoms with van der Waals surface area (Å²) in [4.78, 5) is 61.0. The minimum absolute atomic E-state index is 0.0622. The maximum Gasteiger partial charge on any atom is 0.337 e. The molecular formula is C27H24ClN3O8. The quantitative estimate of drug-likeness (QED) is 0.238. The van der Waals surface area contributed by atoms with E-state index >= 15 is 0 Å². The van der Waals surface area contributed by atoms with Crippen LogP contribution in [0.4, 0.5) is 0 Å². The molecule has 0 bridgehead atoms. The van der Waals surface area contributed by atoms with Crippen molar-refractivity contribution < 1.29 is 38.9 Å². The van der Waals surface area contributed by atoms with Crippen LogP contribution in [0.2, 0.25) is 5.02 Å². The lowest BCUT2D eigenvalue weighted by atomic mass is 10.1. The van der Waals surface area contributed by atoms with E-state index in [9.17, 15) is 34.2 Å². The number of aliphatic carboxylic acids is 1. The van der Waals surface area contributed by atoms with Gasteiger partial charge in [0.2, 0.25) is 0 Å². The third-order valence-corrected chi connectivity index (χ3v) is 5.77. The van der Waals surface area contributed by atoms with Gasteiger partial charge in [-0.15, -0.1) is 0 Å². The third kappa shape index (κ3) is 7.79. The molecule has 0 aliphatic rings. The number of nitrogens with one attached hydrogen (secondary N) is 3. The normalized spacial score (nSPS) is 11.1. The predicted octanol–water partition coefficient (Wildman–Crippen LogP) is 2.38. The van der Waals surface area contributed by atoms with Crippen molar-refractivity contribution in [2.24, 2.45) is 0 Å². The smallest absolute Gasteiger partial charge is 0.337 e. The first-order chi connectivity index (χ1) is 18.6. The fourth-order valence-corrected chi connectivity index (χ4v) is 3.70. The molecule has 3 aromatic carbocycles. The summed E-state index contributed by atoms with van der Waals surface area (Å²) >= 11 is 6.20. The molecule has 0 aliphatic carbocycles. The minimum atomic E-state index is -1.51. The number of carboxylic acids is 1. The number of esters is 1. The van der Waals surface area contributed by atoms with E-state index in [2.05, 4.69) is 20.7 Å². The van der Waals surface area contributed by atoms with Gasteiger partial charge in [0.05, 0.1) is 23.3 Å². The van der Waals surface area contributed by atoms with Crippen molar-refractivity contribution in [1.82, 2.24) is 16.0 Å². The van der Waals surface area contributed by atoms with Gasteiger partial charge >= 0.3 is 11.9 Å². The van der Waals surface area contributed by atoms with Crippen molar-refractivity contribution in [2.45, 2.75) is 12.6 Å². The molecule has 0 aromatic heterocycles. The van der Waals surface area contributed by atoms with Gasteiger partial charge < -0.3 is 30.9 Å². The highest BCUT2D eigenvalue weighted by atomic mass is 35.5. The first kappa shape index (κ1) is 28.7. The van der Waals surface area contributed by atoms with Gasteiger partial charge in [-0.3, -0.25) is 14.4 Å². The predicted molar refractivity (Wildman–Crippen MR) is 140 cm³/mol. The molecular weight excluding hydrogens is 530 g/mol. The summed E-state index contributed by atoms with van der Waals surface area (Å²) in [5.41, 5.74) is 0.986. The number of rotatable bonds is 10. The largest absolute Gasteiger partial charge is 0.508 e. The zero-order chi connectivity index (χ0) is 28.5. The van der Waals surface area contributed by atoms with Crippen LogP contribution < -0.4 is 16.0 Å². The van der Waals surface area contributed by atoms with E-state index in [-0.39, 0.29) is 39.6 Å². The average molecular weight is 554 g/mol. The molecule has 0 spiro atoms. The van der Waals surface area contributed by atoms with Gasteiger partial charge in [-0.1, -0.05) is 29.8 Å². The molecule has 202 valence electrons. The van der Waals surface area contributed by atoms with Gasteiger partial charge in [-0.25, -0.2) is 9.59 Å². The first-order valence-corrected chi connectivity index (χ1v) is 11.8. The lowest BCUT2D eigenvalue weighted by molar-refractivity contribution is -0.139. The van der Waals surface area contributed by atoms with Crippen LogP contribution in [0.3, 0.4) is 0 Å². The summed E-state index contributed by atoms with van der Waals surface area (Å²) in [5, 5.41) is 26.3.